The van der Waals surface area contributed by atoms with Gasteiger partial charge in [-0.15, -0.1) is 0 Å². The number of rotatable bonds is 7. The van der Waals surface area contributed by atoms with Gasteiger partial charge in [0.25, 0.3) is 5.56 Å². The maximum absolute atomic E-state index is 12.7. The fourth-order valence-electron chi connectivity index (χ4n) is 3.08. The smallest absolute Gasteiger partial charge is 0.331 e. The Kier molecular flexibility index (Phi) is 6.11. The lowest BCUT2D eigenvalue weighted by Crippen LogP contribution is -2.42. The van der Waals surface area contributed by atoms with Crippen molar-refractivity contribution in [2.45, 2.75) is 46.5 Å². The minimum absolute atomic E-state index is 0.0422. The average molecular weight is 396 g/mol. The van der Waals surface area contributed by atoms with Crippen molar-refractivity contribution in [2.24, 2.45) is 0 Å². The van der Waals surface area contributed by atoms with E-state index in [4.69, 9.17) is 4.74 Å². The SMILES string of the molecule is CCn1c(=O)c2ccccc2n(CC(=O)NCc2cccnc2OC(C)C)c1=O. The monoisotopic (exact) mass is 396 g/mol. The Hall–Kier alpha value is -3.42. The molecule has 2 aromatic heterocycles. The van der Waals surface area contributed by atoms with E-state index in [0.29, 0.717) is 16.8 Å². The topological polar surface area (TPSA) is 95.2 Å². The molecule has 1 N–H and O–H groups in total. The average Bonchev–Trinajstić information content (AvgIpc) is 2.70. The Bertz CT molecular complexity index is 1150. The molecule has 29 heavy (non-hydrogen) atoms. The van der Waals surface area contributed by atoms with Crippen LogP contribution in [0.15, 0.2) is 52.2 Å². The molecule has 0 aliphatic rings. The fourth-order valence-corrected chi connectivity index (χ4v) is 3.08. The van der Waals surface area contributed by atoms with Crippen LogP contribution < -0.4 is 21.3 Å². The second kappa shape index (κ2) is 8.72. The zero-order valence-corrected chi connectivity index (χ0v) is 16.7. The minimum atomic E-state index is -0.503. The van der Waals surface area contributed by atoms with E-state index in [2.05, 4.69) is 10.3 Å². The number of fused-ring (bicyclic) bond motifs is 1. The van der Waals surface area contributed by atoms with Gasteiger partial charge in [0.15, 0.2) is 0 Å². The maximum Gasteiger partial charge on any atom is 0.331 e. The lowest BCUT2D eigenvalue weighted by Gasteiger charge is -2.15. The van der Waals surface area contributed by atoms with Gasteiger partial charge in [0.05, 0.1) is 17.0 Å². The molecule has 0 saturated carbocycles. The molecule has 0 radical (unpaired) electrons. The highest BCUT2D eigenvalue weighted by Gasteiger charge is 2.15. The summed E-state index contributed by atoms with van der Waals surface area (Å²) in [5, 5.41) is 3.20. The molecule has 152 valence electrons. The predicted octanol–water partition coefficient (Wildman–Crippen LogP) is 1.68. The van der Waals surface area contributed by atoms with Crippen LogP contribution >= 0.6 is 0 Å². The molecule has 0 atom stereocenters. The van der Waals surface area contributed by atoms with Gasteiger partial charge in [-0.2, -0.15) is 0 Å². The van der Waals surface area contributed by atoms with Crippen LogP contribution in [0.2, 0.25) is 0 Å². The van der Waals surface area contributed by atoms with Crippen LogP contribution in [-0.2, 0) is 24.4 Å². The second-order valence-corrected chi connectivity index (χ2v) is 6.85. The van der Waals surface area contributed by atoms with Crippen LogP contribution in [-0.4, -0.2) is 26.1 Å². The van der Waals surface area contributed by atoms with Crippen molar-refractivity contribution >= 4 is 16.8 Å². The number of benzene rings is 1. The first-order chi connectivity index (χ1) is 13.9. The molecular formula is C21H24N4O4. The number of para-hydroxylation sites is 1. The summed E-state index contributed by atoms with van der Waals surface area (Å²) in [6.07, 6.45) is 1.59. The molecule has 0 aliphatic carbocycles. The predicted molar refractivity (Wildman–Crippen MR) is 110 cm³/mol. The number of pyridine rings is 1. The first-order valence-corrected chi connectivity index (χ1v) is 9.52. The van der Waals surface area contributed by atoms with Gasteiger partial charge < -0.3 is 10.1 Å². The zero-order valence-electron chi connectivity index (χ0n) is 16.7. The van der Waals surface area contributed by atoms with Gasteiger partial charge in [-0.25, -0.2) is 9.78 Å². The van der Waals surface area contributed by atoms with Crippen molar-refractivity contribution in [3.05, 3.63) is 69.0 Å². The third-order valence-electron chi connectivity index (χ3n) is 4.42. The van der Waals surface area contributed by atoms with Crippen LogP contribution in [0.25, 0.3) is 10.9 Å². The summed E-state index contributed by atoms with van der Waals surface area (Å²) in [5.74, 6) is 0.114. The van der Waals surface area contributed by atoms with E-state index in [-0.39, 0.29) is 37.2 Å². The number of hydrogen-bond acceptors (Lipinski definition) is 5. The van der Waals surface area contributed by atoms with Crippen molar-refractivity contribution in [3.63, 3.8) is 0 Å². The van der Waals surface area contributed by atoms with Gasteiger partial charge in [-0.05, 0) is 39.0 Å². The number of aromatic nitrogens is 3. The summed E-state index contributed by atoms with van der Waals surface area (Å²) in [4.78, 5) is 42.0. The van der Waals surface area contributed by atoms with Gasteiger partial charge in [0.1, 0.15) is 6.54 Å². The van der Waals surface area contributed by atoms with Gasteiger partial charge in [0.2, 0.25) is 11.8 Å². The van der Waals surface area contributed by atoms with E-state index in [9.17, 15) is 14.4 Å². The Morgan fingerprint density at radius 3 is 2.62 bits per heavy atom. The molecule has 0 saturated heterocycles. The first kappa shape index (κ1) is 20.3. The van der Waals surface area contributed by atoms with Crippen LogP contribution in [0.1, 0.15) is 26.3 Å². The van der Waals surface area contributed by atoms with Gasteiger partial charge in [0, 0.05) is 24.8 Å². The molecule has 3 aromatic rings. The van der Waals surface area contributed by atoms with Crippen LogP contribution in [0, 0.1) is 0 Å². The summed E-state index contributed by atoms with van der Waals surface area (Å²) in [6.45, 7) is 5.78. The molecule has 0 spiro atoms. The summed E-state index contributed by atoms with van der Waals surface area (Å²) in [5.41, 5.74) is 0.324. The number of ether oxygens (including phenoxy) is 1. The number of amides is 1. The highest BCUT2D eigenvalue weighted by atomic mass is 16.5. The van der Waals surface area contributed by atoms with Crippen LogP contribution in [0.5, 0.6) is 5.88 Å². The summed E-state index contributed by atoms with van der Waals surface area (Å²) in [7, 11) is 0. The molecule has 8 heteroatoms. The third kappa shape index (κ3) is 4.37. The number of nitrogens with zero attached hydrogens (tertiary/aromatic N) is 3. The lowest BCUT2D eigenvalue weighted by molar-refractivity contribution is -0.121. The van der Waals surface area contributed by atoms with Crippen molar-refractivity contribution in [1.82, 2.24) is 19.4 Å². The molecule has 1 aromatic carbocycles. The van der Waals surface area contributed by atoms with Crippen molar-refractivity contribution in [2.75, 3.05) is 0 Å². The Labute approximate surface area is 167 Å². The van der Waals surface area contributed by atoms with E-state index in [0.717, 1.165) is 10.1 Å². The van der Waals surface area contributed by atoms with Gasteiger partial charge in [-0.3, -0.25) is 18.7 Å². The summed E-state index contributed by atoms with van der Waals surface area (Å²) in [6, 6.07) is 10.4. The largest absolute Gasteiger partial charge is 0.475 e. The van der Waals surface area contributed by atoms with E-state index in [1.54, 1.807) is 43.5 Å². The normalized spacial score (nSPS) is 11.0. The van der Waals surface area contributed by atoms with E-state index in [1.165, 1.54) is 4.57 Å². The number of carbonyl (C=O) groups is 1. The molecule has 1 amide bonds. The highest BCUT2D eigenvalue weighted by molar-refractivity contribution is 5.81. The Balaban J connectivity index is 1.85. The highest BCUT2D eigenvalue weighted by Crippen LogP contribution is 2.15. The van der Waals surface area contributed by atoms with E-state index < -0.39 is 5.69 Å². The molecule has 8 nitrogen and oxygen atoms in total. The quantitative estimate of drug-likeness (QED) is 0.656. The number of nitrogens with one attached hydrogen (secondary N) is 1. The molecular weight excluding hydrogens is 372 g/mol. The zero-order chi connectivity index (χ0) is 21.0. The summed E-state index contributed by atoms with van der Waals surface area (Å²) < 4.78 is 8.11. The second-order valence-electron chi connectivity index (χ2n) is 6.85. The number of carbonyl (C=O) groups excluding carboxylic acids is 1. The third-order valence-corrected chi connectivity index (χ3v) is 4.42. The fraction of sp³-hybridized carbons (Fsp3) is 0.333. The molecule has 0 bridgehead atoms. The van der Waals surface area contributed by atoms with Gasteiger partial charge in [-0.1, -0.05) is 18.2 Å². The maximum atomic E-state index is 12.7. The Morgan fingerprint density at radius 1 is 1.14 bits per heavy atom. The lowest BCUT2D eigenvalue weighted by atomic mass is 10.2. The van der Waals surface area contributed by atoms with Crippen molar-refractivity contribution < 1.29 is 9.53 Å². The van der Waals surface area contributed by atoms with Crippen LogP contribution in [0.3, 0.4) is 0 Å². The standard InChI is InChI=1S/C21H24N4O4/c1-4-24-20(27)16-9-5-6-10-17(16)25(21(24)28)13-18(26)23-12-15-8-7-11-22-19(15)29-14(2)3/h5-11,14H,4,12-13H2,1-3H3,(H,23,26). The van der Waals surface area contributed by atoms with Crippen LogP contribution in [0.4, 0.5) is 0 Å². The summed E-state index contributed by atoms with van der Waals surface area (Å²) >= 11 is 0. The molecule has 0 fully saturated rings. The number of hydrogen-bond donors (Lipinski definition) is 1. The molecule has 2 heterocycles. The molecule has 3 rings (SSSR count). The minimum Gasteiger partial charge on any atom is -0.475 e. The molecule has 0 unspecified atom stereocenters. The van der Waals surface area contributed by atoms with Gasteiger partial charge >= 0.3 is 5.69 Å². The van der Waals surface area contributed by atoms with E-state index in [1.807, 2.05) is 19.9 Å². The first-order valence-electron chi connectivity index (χ1n) is 9.52. The van der Waals surface area contributed by atoms with E-state index >= 15 is 0 Å². The van der Waals surface area contributed by atoms with Crippen molar-refractivity contribution in [3.8, 4) is 5.88 Å². The molecule has 0 aliphatic heterocycles. The van der Waals surface area contributed by atoms with Crippen molar-refractivity contribution in [1.29, 1.82) is 0 Å². The Morgan fingerprint density at radius 2 is 1.90 bits per heavy atom.